The molecule has 7 heteroatoms. The number of aliphatic hydroxyl groups is 2. The second-order valence-electron chi connectivity index (χ2n) is 2.89. The van der Waals surface area contributed by atoms with E-state index in [9.17, 15) is 9.59 Å². The fourth-order valence-corrected chi connectivity index (χ4v) is 0.505. The van der Waals surface area contributed by atoms with Gasteiger partial charge in [0.2, 0.25) is 0 Å². The summed E-state index contributed by atoms with van der Waals surface area (Å²) in [6.45, 7) is 2.88. The van der Waals surface area contributed by atoms with E-state index in [2.05, 4.69) is 0 Å². The van der Waals surface area contributed by atoms with E-state index in [-0.39, 0.29) is 35.9 Å². The summed E-state index contributed by atoms with van der Waals surface area (Å²) in [4.78, 5) is 19.3. The van der Waals surface area contributed by atoms with E-state index in [1.165, 1.54) is 13.8 Å². The number of aliphatic hydroxyl groups excluding tert-OH is 2. The van der Waals surface area contributed by atoms with Crippen LogP contribution in [0.3, 0.4) is 0 Å². The molecule has 0 rings (SSSR count). The standard InChI is InChI=1S/2C4H8O3.Mg/c2*1-3(5)2-4(6)7;/h2*3,5H,2H2,1H3,(H,6,7);/q;;+2/t2*3-;/m11./s1. The molecular weight excluding hydrogens is 216 g/mol. The van der Waals surface area contributed by atoms with Gasteiger partial charge in [-0.2, -0.15) is 0 Å². The van der Waals surface area contributed by atoms with Gasteiger partial charge in [0.05, 0.1) is 25.0 Å². The van der Waals surface area contributed by atoms with E-state index >= 15 is 0 Å². The molecule has 4 N–H and O–H groups in total. The number of hydrogen-bond acceptors (Lipinski definition) is 4. The van der Waals surface area contributed by atoms with Gasteiger partial charge in [0.25, 0.3) is 0 Å². The zero-order valence-corrected chi connectivity index (χ0v) is 10.3. The van der Waals surface area contributed by atoms with E-state index < -0.39 is 24.1 Å². The van der Waals surface area contributed by atoms with Crippen LogP contribution in [0.4, 0.5) is 0 Å². The Balaban J connectivity index is -0.000000180. The van der Waals surface area contributed by atoms with Crippen LogP contribution >= 0.6 is 0 Å². The van der Waals surface area contributed by atoms with Crippen molar-refractivity contribution in [2.45, 2.75) is 38.9 Å². The average molecular weight is 233 g/mol. The van der Waals surface area contributed by atoms with E-state index in [1.807, 2.05) is 0 Å². The number of carboxylic acids is 2. The van der Waals surface area contributed by atoms with Crippen molar-refractivity contribution in [1.82, 2.24) is 0 Å². The Morgan fingerprint density at radius 3 is 1.13 bits per heavy atom. The molecule has 15 heavy (non-hydrogen) atoms. The molecule has 0 unspecified atom stereocenters. The number of carboxylic acid groups (broad SMARTS) is 2. The topological polar surface area (TPSA) is 115 Å². The summed E-state index contributed by atoms with van der Waals surface area (Å²) >= 11 is 0. The maximum absolute atomic E-state index is 9.65. The third-order valence-electron chi connectivity index (χ3n) is 0.940. The Labute approximate surface area is 104 Å². The molecule has 84 valence electrons. The van der Waals surface area contributed by atoms with E-state index in [0.29, 0.717) is 0 Å². The minimum atomic E-state index is -0.963. The van der Waals surface area contributed by atoms with Gasteiger partial charge in [-0.05, 0) is 13.8 Å². The molecule has 0 amide bonds. The molecule has 0 fully saturated rings. The quantitative estimate of drug-likeness (QED) is 0.477. The fourth-order valence-electron chi connectivity index (χ4n) is 0.505. The molecule has 0 aliphatic carbocycles. The monoisotopic (exact) mass is 232 g/mol. The molecule has 2 atom stereocenters. The number of carbonyl (C=O) groups is 2. The van der Waals surface area contributed by atoms with E-state index in [4.69, 9.17) is 20.4 Å². The Hall–Kier alpha value is -0.374. The number of hydrogen-bond donors (Lipinski definition) is 4. The van der Waals surface area contributed by atoms with Crippen LogP contribution in [0.5, 0.6) is 0 Å². The van der Waals surface area contributed by atoms with Crippen LogP contribution in [-0.2, 0) is 9.59 Å². The van der Waals surface area contributed by atoms with Crippen LogP contribution in [0.15, 0.2) is 0 Å². The second kappa shape index (κ2) is 11.7. The summed E-state index contributed by atoms with van der Waals surface area (Å²) in [6, 6.07) is 0. The first-order valence-electron chi connectivity index (χ1n) is 4.05. The van der Waals surface area contributed by atoms with Gasteiger partial charge in [-0.1, -0.05) is 0 Å². The third-order valence-corrected chi connectivity index (χ3v) is 0.940. The van der Waals surface area contributed by atoms with E-state index in [0.717, 1.165) is 0 Å². The summed E-state index contributed by atoms with van der Waals surface area (Å²) in [5.41, 5.74) is 0. The Morgan fingerprint density at radius 1 is 0.933 bits per heavy atom. The van der Waals surface area contributed by atoms with Gasteiger partial charge in [0.1, 0.15) is 0 Å². The average Bonchev–Trinajstić information content (AvgIpc) is 1.79. The molecule has 0 aromatic carbocycles. The van der Waals surface area contributed by atoms with Crippen molar-refractivity contribution in [3.8, 4) is 0 Å². The van der Waals surface area contributed by atoms with Gasteiger partial charge in [0, 0.05) is 0 Å². The summed E-state index contributed by atoms with van der Waals surface area (Å²) in [7, 11) is 0. The summed E-state index contributed by atoms with van der Waals surface area (Å²) < 4.78 is 0. The minimum Gasteiger partial charge on any atom is -0.481 e. The van der Waals surface area contributed by atoms with E-state index in [1.54, 1.807) is 0 Å². The van der Waals surface area contributed by atoms with Crippen LogP contribution in [0, 0.1) is 0 Å². The third kappa shape index (κ3) is 31.7. The first-order chi connectivity index (χ1) is 6.25. The van der Waals surface area contributed by atoms with Crippen molar-refractivity contribution < 1.29 is 30.0 Å². The zero-order valence-electron chi connectivity index (χ0n) is 8.88. The first-order valence-corrected chi connectivity index (χ1v) is 4.05. The maximum Gasteiger partial charge on any atom is 2.00 e. The molecule has 0 aromatic rings. The van der Waals surface area contributed by atoms with Crippen molar-refractivity contribution in [3.05, 3.63) is 0 Å². The van der Waals surface area contributed by atoms with Gasteiger partial charge >= 0.3 is 35.0 Å². The molecule has 6 nitrogen and oxygen atoms in total. The molecule has 0 heterocycles. The summed E-state index contributed by atoms with van der Waals surface area (Å²) in [5, 5.41) is 32.5. The van der Waals surface area contributed by atoms with Gasteiger partial charge in [-0.3, -0.25) is 9.59 Å². The van der Waals surface area contributed by atoms with Crippen molar-refractivity contribution in [3.63, 3.8) is 0 Å². The van der Waals surface area contributed by atoms with Gasteiger partial charge < -0.3 is 20.4 Å². The fraction of sp³-hybridized carbons (Fsp3) is 0.750. The number of rotatable bonds is 4. The smallest absolute Gasteiger partial charge is 0.481 e. The minimum absolute atomic E-state index is 0. The van der Waals surface area contributed by atoms with Crippen molar-refractivity contribution in [2.24, 2.45) is 0 Å². The predicted octanol–water partition coefficient (Wildman–Crippen LogP) is -0.697. The maximum atomic E-state index is 9.65. The molecule has 0 aliphatic heterocycles. The van der Waals surface area contributed by atoms with Crippen molar-refractivity contribution in [1.29, 1.82) is 0 Å². The van der Waals surface area contributed by atoms with Gasteiger partial charge in [-0.15, -0.1) is 0 Å². The Bertz CT molecular complexity index is 160. The van der Waals surface area contributed by atoms with Crippen LogP contribution in [0.1, 0.15) is 26.7 Å². The molecule has 0 saturated heterocycles. The second-order valence-corrected chi connectivity index (χ2v) is 2.89. The van der Waals surface area contributed by atoms with Crippen molar-refractivity contribution >= 4 is 35.0 Å². The SMILES string of the molecule is C[C@@H](O)CC(=O)O.C[C@@H](O)CC(=O)O.[Mg+2]. The molecular formula is C8H16MgO6+2. The predicted molar refractivity (Wildman–Crippen MR) is 53.6 cm³/mol. The molecule has 0 saturated carbocycles. The van der Waals surface area contributed by atoms with Crippen molar-refractivity contribution in [2.75, 3.05) is 0 Å². The summed E-state index contributed by atoms with van der Waals surface area (Å²) in [5.74, 6) is -1.93. The Kier molecular flexibility index (Phi) is 15.7. The van der Waals surface area contributed by atoms with Crippen LogP contribution < -0.4 is 0 Å². The molecule has 0 aromatic heterocycles. The molecule has 0 spiro atoms. The van der Waals surface area contributed by atoms with Gasteiger partial charge in [0.15, 0.2) is 0 Å². The first kappa shape index (κ1) is 20.1. The molecule has 0 bridgehead atoms. The normalized spacial score (nSPS) is 12.5. The van der Waals surface area contributed by atoms with Gasteiger partial charge in [-0.25, -0.2) is 0 Å². The van der Waals surface area contributed by atoms with Crippen LogP contribution in [0.2, 0.25) is 0 Å². The zero-order chi connectivity index (χ0) is 11.7. The number of aliphatic carboxylic acids is 2. The molecule has 0 radical (unpaired) electrons. The Morgan fingerprint density at radius 2 is 1.13 bits per heavy atom. The van der Waals surface area contributed by atoms with Crippen LogP contribution in [-0.4, -0.2) is 67.6 Å². The molecule has 0 aliphatic rings. The largest absolute Gasteiger partial charge is 2.00 e. The van der Waals surface area contributed by atoms with Crippen LogP contribution in [0.25, 0.3) is 0 Å². The summed E-state index contributed by atoms with van der Waals surface area (Å²) in [6.07, 6.45) is -1.78.